The minimum Gasteiger partial charge on any atom is -0.374 e. The third-order valence-corrected chi connectivity index (χ3v) is 4.97. The van der Waals surface area contributed by atoms with Crippen LogP contribution in [0.5, 0.6) is 0 Å². The Morgan fingerprint density at radius 2 is 1.85 bits per heavy atom. The molecule has 0 bridgehead atoms. The van der Waals surface area contributed by atoms with Crippen LogP contribution in [0.15, 0.2) is 42.5 Å². The van der Waals surface area contributed by atoms with Gasteiger partial charge in [-0.1, -0.05) is 19.1 Å². The van der Waals surface area contributed by atoms with Crippen LogP contribution < -0.4 is 15.5 Å². The maximum absolute atomic E-state index is 12.4. The molecule has 2 aromatic carbocycles. The molecule has 5 nitrogen and oxygen atoms in total. The summed E-state index contributed by atoms with van der Waals surface area (Å²) in [6, 6.07) is 13.4. The lowest BCUT2D eigenvalue weighted by molar-refractivity contribution is -0.117. The maximum Gasteiger partial charge on any atom is 0.246 e. The van der Waals surface area contributed by atoms with Gasteiger partial charge in [0.1, 0.15) is 6.04 Å². The summed E-state index contributed by atoms with van der Waals surface area (Å²) >= 11 is 0. The largest absolute Gasteiger partial charge is 0.374 e. The number of carbonyl (C=O) groups excluding carboxylic acids is 2. The molecule has 5 heteroatoms. The summed E-state index contributed by atoms with van der Waals surface area (Å²) < 4.78 is 0. The van der Waals surface area contributed by atoms with Crippen molar-refractivity contribution in [1.82, 2.24) is 0 Å². The number of nitrogens with one attached hydrogen (secondary N) is 2. The molecule has 0 spiro atoms. The average Bonchev–Trinajstić information content (AvgIpc) is 3.08. The molecule has 1 saturated heterocycles. The first-order chi connectivity index (χ1) is 13.0. The fourth-order valence-electron chi connectivity index (χ4n) is 3.34. The van der Waals surface area contributed by atoms with Gasteiger partial charge in [0.2, 0.25) is 11.8 Å². The lowest BCUT2D eigenvalue weighted by atomic mass is 10.1. The Morgan fingerprint density at radius 3 is 2.44 bits per heavy atom. The van der Waals surface area contributed by atoms with E-state index >= 15 is 0 Å². The van der Waals surface area contributed by atoms with E-state index in [4.69, 9.17) is 0 Å². The number of hydrogen-bond acceptors (Lipinski definition) is 3. The number of hydrogen-bond donors (Lipinski definition) is 2. The highest BCUT2D eigenvalue weighted by Crippen LogP contribution is 2.27. The number of aryl methyl sites for hydroxylation is 2. The lowest BCUT2D eigenvalue weighted by Crippen LogP contribution is -2.32. The highest BCUT2D eigenvalue weighted by molar-refractivity contribution is 5.97. The zero-order valence-corrected chi connectivity index (χ0v) is 16.2. The number of carbonyl (C=O) groups is 2. The Hall–Kier alpha value is -2.82. The van der Waals surface area contributed by atoms with Gasteiger partial charge in [-0.15, -0.1) is 0 Å². The van der Waals surface area contributed by atoms with E-state index in [1.54, 1.807) is 0 Å². The molecule has 2 amide bonds. The van der Waals surface area contributed by atoms with Crippen LogP contribution in [0.2, 0.25) is 0 Å². The normalized spacial score (nSPS) is 14.9. The smallest absolute Gasteiger partial charge is 0.246 e. The van der Waals surface area contributed by atoms with E-state index in [9.17, 15) is 9.59 Å². The second-order valence-corrected chi connectivity index (χ2v) is 7.06. The Balaban J connectivity index is 1.62. The molecule has 27 heavy (non-hydrogen) atoms. The third kappa shape index (κ3) is 4.48. The van der Waals surface area contributed by atoms with Crippen molar-refractivity contribution >= 4 is 28.9 Å². The number of benzene rings is 2. The van der Waals surface area contributed by atoms with Crippen LogP contribution >= 0.6 is 0 Å². The first-order valence-electron chi connectivity index (χ1n) is 9.55. The summed E-state index contributed by atoms with van der Waals surface area (Å²) in [6.07, 6.45) is 2.51. The molecule has 0 aromatic heterocycles. The van der Waals surface area contributed by atoms with Gasteiger partial charge >= 0.3 is 0 Å². The van der Waals surface area contributed by atoms with Crippen LogP contribution in [0.4, 0.5) is 17.1 Å². The van der Waals surface area contributed by atoms with Crippen molar-refractivity contribution < 1.29 is 9.59 Å². The fourth-order valence-corrected chi connectivity index (χ4v) is 3.34. The van der Waals surface area contributed by atoms with Gasteiger partial charge in [-0.05, 0) is 68.1 Å². The Kier molecular flexibility index (Phi) is 5.79. The zero-order chi connectivity index (χ0) is 19.4. The van der Waals surface area contributed by atoms with Crippen molar-refractivity contribution in [2.45, 2.75) is 46.1 Å². The van der Waals surface area contributed by atoms with E-state index in [0.717, 1.165) is 42.0 Å². The fraction of sp³-hybridized carbons (Fsp3) is 0.364. The molecule has 0 saturated carbocycles. The lowest BCUT2D eigenvalue weighted by Gasteiger charge is -2.20. The summed E-state index contributed by atoms with van der Waals surface area (Å²) in [6.45, 7) is 6.71. The third-order valence-electron chi connectivity index (χ3n) is 4.97. The van der Waals surface area contributed by atoms with Crippen molar-refractivity contribution in [3.05, 3.63) is 53.6 Å². The van der Waals surface area contributed by atoms with Gasteiger partial charge < -0.3 is 15.5 Å². The summed E-state index contributed by atoms with van der Waals surface area (Å²) in [5.41, 5.74) is 4.89. The molecular weight excluding hydrogens is 338 g/mol. The molecule has 2 N–H and O–H groups in total. The first kappa shape index (κ1) is 19.0. The van der Waals surface area contributed by atoms with E-state index in [-0.39, 0.29) is 17.9 Å². The second kappa shape index (κ2) is 8.25. The molecule has 1 fully saturated rings. The molecule has 1 unspecified atom stereocenters. The summed E-state index contributed by atoms with van der Waals surface area (Å²) in [4.78, 5) is 26.2. The second-order valence-electron chi connectivity index (χ2n) is 7.06. The summed E-state index contributed by atoms with van der Waals surface area (Å²) in [5.74, 6) is 0.0938. The monoisotopic (exact) mass is 365 g/mol. The van der Waals surface area contributed by atoms with Gasteiger partial charge in [0.25, 0.3) is 0 Å². The molecule has 1 atom stereocenters. The van der Waals surface area contributed by atoms with Crippen molar-refractivity contribution in [3.63, 3.8) is 0 Å². The van der Waals surface area contributed by atoms with Gasteiger partial charge in [0.15, 0.2) is 0 Å². The predicted molar refractivity (Wildman–Crippen MR) is 110 cm³/mol. The molecule has 1 heterocycles. The maximum atomic E-state index is 12.4. The van der Waals surface area contributed by atoms with Crippen LogP contribution in [0.3, 0.4) is 0 Å². The van der Waals surface area contributed by atoms with Gasteiger partial charge in [0, 0.05) is 30.0 Å². The van der Waals surface area contributed by atoms with E-state index in [1.807, 2.05) is 61.2 Å². The zero-order valence-electron chi connectivity index (χ0n) is 16.2. The molecule has 1 aliphatic heterocycles. The van der Waals surface area contributed by atoms with Crippen LogP contribution in [0.1, 0.15) is 37.8 Å². The van der Waals surface area contributed by atoms with E-state index < -0.39 is 0 Å². The highest BCUT2D eigenvalue weighted by Gasteiger charge is 2.23. The number of anilines is 3. The minimum atomic E-state index is -0.380. The average molecular weight is 365 g/mol. The standard InChI is InChI=1S/C22H27N3O2/c1-4-17-7-9-18(10-8-17)24-22(27)16(3)23-19-11-12-20(15(2)14-19)25-13-5-6-21(25)26/h7-12,14,16,23H,4-6,13H2,1-3H3,(H,24,27). The first-order valence-corrected chi connectivity index (χ1v) is 9.55. The predicted octanol–water partition coefficient (Wildman–Crippen LogP) is 4.12. The Bertz CT molecular complexity index is 830. The van der Waals surface area contributed by atoms with Crippen molar-refractivity contribution in [1.29, 1.82) is 0 Å². The Morgan fingerprint density at radius 1 is 1.15 bits per heavy atom. The molecule has 2 aromatic rings. The van der Waals surface area contributed by atoms with E-state index in [0.29, 0.717) is 6.42 Å². The van der Waals surface area contributed by atoms with Crippen LogP contribution in [-0.2, 0) is 16.0 Å². The molecular formula is C22H27N3O2. The van der Waals surface area contributed by atoms with Crippen LogP contribution in [0.25, 0.3) is 0 Å². The summed E-state index contributed by atoms with van der Waals surface area (Å²) in [5, 5.41) is 6.17. The van der Waals surface area contributed by atoms with Crippen molar-refractivity contribution in [2.24, 2.45) is 0 Å². The molecule has 142 valence electrons. The number of amides is 2. The molecule has 1 aliphatic rings. The van der Waals surface area contributed by atoms with Gasteiger partial charge in [-0.2, -0.15) is 0 Å². The van der Waals surface area contributed by atoms with E-state index in [2.05, 4.69) is 17.6 Å². The topological polar surface area (TPSA) is 61.4 Å². The van der Waals surface area contributed by atoms with Crippen LogP contribution in [0, 0.1) is 6.92 Å². The van der Waals surface area contributed by atoms with Crippen LogP contribution in [-0.4, -0.2) is 24.4 Å². The summed E-state index contributed by atoms with van der Waals surface area (Å²) in [7, 11) is 0. The van der Waals surface area contributed by atoms with Crippen molar-refractivity contribution in [3.8, 4) is 0 Å². The van der Waals surface area contributed by atoms with Gasteiger partial charge in [0.05, 0.1) is 0 Å². The molecule has 0 aliphatic carbocycles. The molecule has 0 radical (unpaired) electrons. The quantitative estimate of drug-likeness (QED) is 0.809. The van der Waals surface area contributed by atoms with Crippen molar-refractivity contribution in [2.75, 3.05) is 22.1 Å². The van der Waals surface area contributed by atoms with Gasteiger partial charge in [-0.3, -0.25) is 9.59 Å². The SMILES string of the molecule is CCc1ccc(NC(=O)C(C)Nc2ccc(N3CCCC3=O)c(C)c2)cc1. The highest BCUT2D eigenvalue weighted by atomic mass is 16.2. The number of nitrogens with zero attached hydrogens (tertiary/aromatic N) is 1. The molecule has 3 rings (SSSR count). The minimum absolute atomic E-state index is 0.0873. The number of rotatable bonds is 6. The van der Waals surface area contributed by atoms with Gasteiger partial charge in [-0.25, -0.2) is 0 Å². The van der Waals surface area contributed by atoms with E-state index in [1.165, 1.54) is 5.56 Å². The Labute approximate surface area is 160 Å².